The van der Waals surface area contributed by atoms with Crippen molar-refractivity contribution in [3.05, 3.63) is 0 Å². The zero-order chi connectivity index (χ0) is 18.9. The maximum Gasteiger partial charge on any atom is 0.220 e. The molecule has 0 heterocycles. The number of amides is 2. The summed E-state index contributed by atoms with van der Waals surface area (Å²) in [5.74, 6) is -0.359. The number of hydrogen-bond donors (Lipinski definition) is 4. The summed E-state index contributed by atoms with van der Waals surface area (Å²) in [7, 11) is -2.13. The minimum absolute atomic E-state index is 0.0714. The third kappa shape index (κ3) is 18.2. The Hall–Kier alpha value is -0.400. The molecule has 0 aromatic rings. The highest BCUT2D eigenvalue weighted by Crippen LogP contribution is 2.25. The van der Waals surface area contributed by atoms with E-state index in [4.69, 9.17) is 9.42 Å². The highest BCUT2D eigenvalue weighted by molar-refractivity contribution is 7.45. The monoisotopic (exact) mass is 399 g/mol. The van der Waals surface area contributed by atoms with Crippen molar-refractivity contribution in [1.82, 2.24) is 10.6 Å². The van der Waals surface area contributed by atoms with Gasteiger partial charge in [-0.3, -0.25) is 9.59 Å². The van der Waals surface area contributed by atoms with Gasteiger partial charge in [-0.2, -0.15) is 0 Å². The SMILES string of the molecule is CP(O)OCCCCC(=O)NCC(O)CNC(=O)CCCCOP[O-]. The first-order valence-electron chi connectivity index (χ1n) is 8.21. The van der Waals surface area contributed by atoms with Crippen LogP contribution in [-0.2, 0) is 18.6 Å². The van der Waals surface area contributed by atoms with Gasteiger partial charge in [0.1, 0.15) is 0 Å². The van der Waals surface area contributed by atoms with E-state index in [1.807, 2.05) is 0 Å². The van der Waals surface area contributed by atoms with Crippen molar-refractivity contribution in [2.75, 3.05) is 33.0 Å². The fourth-order valence-electron chi connectivity index (χ4n) is 1.80. The predicted molar refractivity (Wildman–Crippen MR) is 95.0 cm³/mol. The van der Waals surface area contributed by atoms with Crippen LogP contribution in [0.1, 0.15) is 38.5 Å². The Morgan fingerprint density at radius 1 is 1.08 bits per heavy atom. The lowest BCUT2D eigenvalue weighted by atomic mass is 10.2. The molecule has 2 amide bonds. The average Bonchev–Trinajstić information content (AvgIpc) is 2.57. The minimum Gasteiger partial charge on any atom is -0.810 e. The molecule has 0 aromatic heterocycles. The molecule has 0 fully saturated rings. The first-order chi connectivity index (χ1) is 12.0. The van der Waals surface area contributed by atoms with Crippen LogP contribution in [0, 0.1) is 0 Å². The van der Waals surface area contributed by atoms with Crippen LogP contribution in [0.15, 0.2) is 0 Å². The van der Waals surface area contributed by atoms with Crippen LogP contribution in [0.25, 0.3) is 0 Å². The second-order valence-corrected chi connectivity index (χ2v) is 7.05. The van der Waals surface area contributed by atoms with E-state index >= 15 is 0 Å². The van der Waals surface area contributed by atoms with Crippen LogP contribution in [0.3, 0.4) is 0 Å². The fraction of sp³-hybridized carbons (Fsp3) is 0.857. The smallest absolute Gasteiger partial charge is 0.220 e. The molecular formula is C14H29N2O7P2-. The Balaban J connectivity index is 3.54. The molecule has 0 radical (unpaired) electrons. The number of rotatable bonds is 16. The summed E-state index contributed by atoms with van der Waals surface area (Å²) in [6.45, 7) is 2.51. The third-order valence-corrected chi connectivity index (χ3v) is 3.98. The van der Waals surface area contributed by atoms with E-state index in [-0.39, 0.29) is 24.9 Å². The Morgan fingerprint density at radius 2 is 1.60 bits per heavy atom. The Kier molecular flexibility index (Phi) is 16.8. The van der Waals surface area contributed by atoms with E-state index in [9.17, 15) is 19.6 Å². The largest absolute Gasteiger partial charge is 0.810 e. The van der Waals surface area contributed by atoms with E-state index in [0.717, 1.165) is 0 Å². The molecule has 0 aliphatic rings. The molecule has 0 aliphatic carbocycles. The van der Waals surface area contributed by atoms with Gasteiger partial charge in [0.15, 0.2) is 8.38 Å². The zero-order valence-corrected chi connectivity index (χ0v) is 16.4. The Morgan fingerprint density at radius 3 is 2.08 bits per heavy atom. The van der Waals surface area contributed by atoms with E-state index in [0.29, 0.717) is 51.7 Å². The molecule has 3 atom stereocenters. The van der Waals surface area contributed by atoms with Gasteiger partial charge < -0.3 is 34.6 Å². The van der Waals surface area contributed by atoms with Crippen LogP contribution in [0.4, 0.5) is 0 Å². The van der Waals surface area contributed by atoms with Crippen LogP contribution in [0.5, 0.6) is 0 Å². The lowest BCUT2D eigenvalue weighted by molar-refractivity contribution is -0.169. The topological polar surface area (TPSA) is 140 Å². The predicted octanol–water partition coefficient (Wildman–Crippen LogP) is -0.244. The number of hydrogen-bond acceptors (Lipinski definition) is 7. The van der Waals surface area contributed by atoms with E-state index < -0.39 is 23.5 Å². The maximum atomic E-state index is 11.6. The second kappa shape index (κ2) is 17.0. The van der Waals surface area contributed by atoms with Gasteiger partial charge in [-0.25, -0.2) is 0 Å². The molecule has 9 nitrogen and oxygen atoms in total. The van der Waals surface area contributed by atoms with Gasteiger partial charge in [0.2, 0.25) is 11.8 Å². The van der Waals surface area contributed by atoms with Gasteiger partial charge >= 0.3 is 0 Å². The van der Waals surface area contributed by atoms with E-state index in [1.165, 1.54) is 0 Å². The van der Waals surface area contributed by atoms with Crippen LogP contribution >= 0.6 is 17.4 Å². The summed E-state index contributed by atoms with van der Waals surface area (Å²) in [5, 5.41) is 14.9. The van der Waals surface area contributed by atoms with Crippen molar-refractivity contribution in [3.63, 3.8) is 0 Å². The molecule has 11 heteroatoms. The standard InChI is InChI=1S/C14H29N2O7P2/c1-25(21)23-9-5-3-7-14(19)16-11-12(17)10-15-13(18)6-2-4-8-22-24-20/h12,17,21,24H,2-11H2,1H3,(H,15,18)(H,16,19)/q-1. The maximum absolute atomic E-state index is 11.6. The number of nitrogens with one attached hydrogen (secondary N) is 2. The number of carbonyl (C=O) groups is 2. The summed E-state index contributed by atoms with van der Waals surface area (Å²) in [4.78, 5) is 42.2. The van der Waals surface area contributed by atoms with Gasteiger partial charge in [0.25, 0.3) is 0 Å². The number of unbranched alkanes of at least 4 members (excludes halogenated alkanes) is 2. The molecule has 148 valence electrons. The number of carbonyl (C=O) groups excluding carboxylic acids is 2. The van der Waals surface area contributed by atoms with Crippen molar-refractivity contribution < 1.29 is 33.5 Å². The summed E-state index contributed by atoms with van der Waals surface area (Å²) in [6, 6.07) is 0. The molecule has 25 heavy (non-hydrogen) atoms. The van der Waals surface area contributed by atoms with Gasteiger partial charge in [-0.05, 0) is 25.7 Å². The summed E-state index contributed by atoms with van der Waals surface area (Å²) in [6.07, 6.45) is 2.35. The van der Waals surface area contributed by atoms with Gasteiger partial charge in [0, 0.05) is 39.2 Å². The van der Waals surface area contributed by atoms with Gasteiger partial charge in [-0.1, -0.05) is 9.03 Å². The molecule has 4 N–H and O–H groups in total. The highest BCUT2D eigenvalue weighted by Gasteiger charge is 2.09. The first-order valence-corrected chi connectivity index (χ1v) is 10.7. The second-order valence-electron chi connectivity index (χ2n) is 5.41. The van der Waals surface area contributed by atoms with Crippen LogP contribution < -0.4 is 15.5 Å². The molecule has 0 saturated heterocycles. The molecule has 0 aromatic carbocycles. The number of aliphatic hydroxyl groups excluding tert-OH is 1. The van der Waals surface area contributed by atoms with Gasteiger partial charge in [0.05, 0.1) is 12.7 Å². The van der Waals surface area contributed by atoms with Crippen molar-refractivity contribution in [2.45, 2.75) is 44.6 Å². The van der Waals surface area contributed by atoms with Crippen molar-refractivity contribution in [2.24, 2.45) is 0 Å². The lowest BCUT2D eigenvalue weighted by Gasteiger charge is -2.13. The lowest BCUT2D eigenvalue weighted by Crippen LogP contribution is -2.39. The minimum atomic E-state index is -1.35. The quantitative estimate of drug-likeness (QED) is 0.207. The van der Waals surface area contributed by atoms with Crippen molar-refractivity contribution >= 4 is 29.2 Å². The Bertz CT molecular complexity index is 362. The molecule has 0 saturated carbocycles. The fourth-order valence-corrected chi connectivity index (χ4v) is 2.42. The van der Waals surface area contributed by atoms with Crippen molar-refractivity contribution in [3.8, 4) is 0 Å². The summed E-state index contributed by atoms with van der Waals surface area (Å²) in [5.41, 5.74) is 0. The molecule has 3 unspecified atom stereocenters. The van der Waals surface area contributed by atoms with E-state index in [1.54, 1.807) is 6.66 Å². The summed E-state index contributed by atoms with van der Waals surface area (Å²) >= 11 is 0. The highest BCUT2D eigenvalue weighted by atomic mass is 31.2. The third-order valence-electron chi connectivity index (χ3n) is 3.11. The first kappa shape index (κ1) is 24.6. The molecule has 0 rings (SSSR count). The molecule has 0 bridgehead atoms. The Labute approximate surface area is 151 Å². The zero-order valence-electron chi connectivity index (χ0n) is 14.5. The van der Waals surface area contributed by atoms with Crippen LogP contribution in [-0.4, -0.2) is 60.9 Å². The average molecular weight is 399 g/mol. The molecule has 0 spiro atoms. The molecule has 0 aliphatic heterocycles. The number of aliphatic hydroxyl groups is 1. The van der Waals surface area contributed by atoms with E-state index in [2.05, 4.69) is 15.2 Å². The van der Waals surface area contributed by atoms with Gasteiger partial charge in [-0.15, -0.1) is 0 Å². The molecular weight excluding hydrogens is 370 g/mol. The van der Waals surface area contributed by atoms with Crippen molar-refractivity contribution in [1.29, 1.82) is 0 Å². The van der Waals surface area contributed by atoms with Crippen LogP contribution in [0.2, 0.25) is 0 Å². The normalized spacial score (nSPS) is 13.8. The summed E-state index contributed by atoms with van der Waals surface area (Å²) < 4.78 is 9.67.